The summed E-state index contributed by atoms with van der Waals surface area (Å²) >= 11 is 3.44. The van der Waals surface area contributed by atoms with Crippen molar-refractivity contribution in [1.82, 2.24) is 0 Å². The molecule has 3 aromatic rings. The second kappa shape index (κ2) is 4.72. The summed E-state index contributed by atoms with van der Waals surface area (Å²) in [4.78, 5) is 3.54. The maximum atomic E-state index is 6.22. The lowest BCUT2D eigenvalue weighted by molar-refractivity contribution is 1.32. The van der Waals surface area contributed by atoms with Crippen LogP contribution in [0.1, 0.15) is 0 Å². The molecule has 3 nitrogen and oxygen atoms in total. The standard InChI is InChI=1S/C16H13N3S2/c17-9-3-5-12-11(8-9)19-16-14(21-12)6-4-10(18)15(16)13-2-1-7-20-13/h1-8,19H,17-18H2. The van der Waals surface area contributed by atoms with E-state index in [1.54, 1.807) is 23.1 Å². The van der Waals surface area contributed by atoms with Crippen LogP contribution in [0.25, 0.3) is 10.4 Å². The number of anilines is 4. The van der Waals surface area contributed by atoms with Crippen LogP contribution in [0.3, 0.4) is 0 Å². The van der Waals surface area contributed by atoms with E-state index >= 15 is 0 Å². The Morgan fingerprint density at radius 1 is 0.952 bits per heavy atom. The molecule has 5 N–H and O–H groups in total. The Morgan fingerprint density at radius 3 is 2.62 bits per heavy atom. The topological polar surface area (TPSA) is 64.1 Å². The van der Waals surface area contributed by atoms with E-state index in [4.69, 9.17) is 11.5 Å². The van der Waals surface area contributed by atoms with Crippen molar-refractivity contribution in [2.75, 3.05) is 16.8 Å². The summed E-state index contributed by atoms with van der Waals surface area (Å²) in [6.45, 7) is 0. The van der Waals surface area contributed by atoms with Crippen molar-refractivity contribution >= 4 is 45.8 Å². The van der Waals surface area contributed by atoms with E-state index in [1.807, 2.05) is 30.3 Å². The lowest BCUT2D eigenvalue weighted by atomic mass is 10.1. The van der Waals surface area contributed by atoms with Crippen molar-refractivity contribution in [1.29, 1.82) is 0 Å². The molecule has 0 radical (unpaired) electrons. The van der Waals surface area contributed by atoms with Crippen LogP contribution in [0.4, 0.5) is 22.7 Å². The molecule has 0 saturated heterocycles. The number of thiophene rings is 1. The molecule has 104 valence electrons. The van der Waals surface area contributed by atoms with Crippen LogP contribution in [0.5, 0.6) is 0 Å². The summed E-state index contributed by atoms with van der Waals surface area (Å²) in [6, 6.07) is 14.1. The maximum Gasteiger partial charge on any atom is 0.0635 e. The minimum Gasteiger partial charge on any atom is -0.399 e. The van der Waals surface area contributed by atoms with Crippen molar-refractivity contribution in [3.05, 3.63) is 47.8 Å². The normalized spacial score (nSPS) is 12.4. The van der Waals surface area contributed by atoms with Crippen molar-refractivity contribution in [2.45, 2.75) is 9.79 Å². The summed E-state index contributed by atoms with van der Waals surface area (Å²) in [5.41, 5.74) is 16.8. The van der Waals surface area contributed by atoms with Crippen LogP contribution in [0.2, 0.25) is 0 Å². The molecule has 0 saturated carbocycles. The first-order chi connectivity index (χ1) is 10.2. The van der Waals surface area contributed by atoms with Crippen LogP contribution in [0.15, 0.2) is 57.6 Å². The predicted octanol–water partition coefficient (Wildman–Crippen LogP) is 4.79. The van der Waals surface area contributed by atoms with Gasteiger partial charge in [0, 0.05) is 31.6 Å². The largest absolute Gasteiger partial charge is 0.399 e. The van der Waals surface area contributed by atoms with E-state index in [0.29, 0.717) is 0 Å². The van der Waals surface area contributed by atoms with E-state index in [9.17, 15) is 0 Å². The number of hydrogen-bond donors (Lipinski definition) is 3. The minimum atomic E-state index is 0.756. The van der Waals surface area contributed by atoms with Gasteiger partial charge < -0.3 is 16.8 Å². The van der Waals surface area contributed by atoms with Gasteiger partial charge in [0.15, 0.2) is 0 Å². The van der Waals surface area contributed by atoms with Crippen LogP contribution >= 0.6 is 23.1 Å². The molecule has 4 rings (SSSR count). The fraction of sp³-hybridized carbons (Fsp3) is 0. The third-order valence-corrected chi connectivity index (χ3v) is 5.47. The fourth-order valence-corrected chi connectivity index (χ4v) is 4.27. The highest BCUT2D eigenvalue weighted by Gasteiger charge is 2.21. The molecule has 0 atom stereocenters. The van der Waals surface area contributed by atoms with E-state index in [2.05, 4.69) is 22.8 Å². The predicted molar refractivity (Wildman–Crippen MR) is 92.4 cm³/mol. The Labute approximate surface area is 131 Å². The Balaban J connectivity index is 1.91. The summed E-state index contributed by atoms with van der Waals surface area (Å²) in [5.74, 6) is 0. The average Bonchev–Trinajstić information content (AvgIpc) is 2.99. The molecule has 0 aliphatic carbocycles. The van der Waals surface area contributed by atoms with E-state index in [1.165, 1.54) is 14.7 Å². The number of nitrogens with one attached hydrogen (secondary N) is 1. The molecule has 0 bridgehead atoms. The zero-order valence-corrected chi connectivity index (χ0v) is 12.7. The molecule has 0 amide bonds. The van der Waals surface area contributed by atoms with Gasteiger partial charge in [-0.2, -0.15) is 0 Å². The maximum absolute atomic E-state index is 6.22. The van der Waals surface area contributed by atoms with Gasteiger partial charge in [-0.25, -0.2) is 0 Å². The van der Waals surface area contributed by atoms with Crippen LogP contribution in [-0.4, -0.2) is 0 Å². The third kappa shape index (κ3) is 2.05. The van der Waals surface area contributed by atoms with Gasteiger partial charge >= 0.3 is 0 Å². The number of hydrogen-bond acceptors (Lipinski definition) is 5. The number of rotatable bonds is 1. The van der Waals surface area contributed by atoms with Crippen molar-refractivity contribution in [3.63, 3.8) is 0 Å². The molecule has 1 aromatic heterocycles. The summed E-state index contributed by atoms with van der Waals surface area (Å²) in [5, 5.41) is 5.57. The van der Waals surface area contributed by atoms with Crippen LogP contribution in [0, 0.1) is 0 Å². The fourth-order valence-electron chi connectivity index (χ4n) is 2.48. The first-order valence-electron chi connectivity index (χ1n) is 6.53. The zero-order valence-electron chi connectivity index (χ0n) is 11.1. The highest BCUT2D eigenvalue weighted by atomic mass is 32.2. The summed E-state index contributed by atoms with van der Waals surface area (Å²) < 4.78 is 0. The minimum absolute atomic E-state index is 0.756. The highest BCUT2D eigenvalue weighted by molar-refractivity contribution is 7.99. The lowest BCUT2D eigenvalue weighted by Crippen LogP contribution is -2.04. The van der Waals surface area contributed by atoms with Gasteiger partial charge in [0.25, 0.3) is 0 Å². The molecule has 1 aliphatic rings. The van der Waals surface area contributed by atoms with Gasteiger partial charge in [-0.3, -0.25) is 0 Å². The second-order valence-corrected chi connectivity index (χ2v) is 6.89. The molecule has 0 unspecified atom stereocenters. The van der Waals surface area contributed by atoms with Gasteiger partial charge in [0.05, 0.1) is 11.4 Å². The Morgan fingerprint density at radius 2 is 1.81 bits per heavy atom. The number of nitrogen functional groups attached to an aromatic ring is 2. The first kappa shape index (κ1) is 12.6. The van der Waals surface area contributed by atoms with Crippen molar-refractivity contribution in [2.24, 2.45) is 0 Å². The lowest BCUT2D eigenvalue weighted by Gasteiger charge is -2.24. The van der Waals surface area contributed by atoms with Crippen molar-refractivity contribution in [3.8, 4) is 10.4 Å². The highest BCUT2D eigenvalue weighted by Crippen LogP contribution is 2.50. The average molecular weight is 311 g/mol. The Bertz CT molecular complexity index is 826. The van der Waals surface area contributed by atoms with Crippen LogP contribution in [-0.2, 0) is 0 Å². The molecule has 2 heterocycles. The molecule has 0 fully saturated rings. The molecule has 2 aromatic carbocycles. The van der Waals surface area contributed by atoms with Crippen LogP contribution < -0.4 is 16.8 Å². The Hall–Kier alpha value is -2.11. The number of fused-ring (bicyclic) bond motifs is 2. The molecule has 21 heavy (non-hydrogen) atoms. The quantitative estimate of drug-likeness (QED) is 0.442. The monoisotopic (exact) mass is 311 g/mol. The van der Waals surface area contributed by atoms with Gasteiger partial charge in [0.1, 0.15) is 0 Å². The van der Waals surface area contributed by atoms with Crippen molar-refractivity contribution < 1.29 is 0 Å². The molecule has 1 aliphatic heterocycles. The molecular formula is C16H13N3S2. The molecule has 5 heteroatoms. The number of nitrogens with two attached hydrogens (primary N) is 2. The number of benzene rings is 2. The van der Waals surface area contributed by atoms with E-state index in [-0.39, 0.29) is 0 Å². The van der Waals surface area contributed by atoms with Gasteiger partial charge in [-0.15, -0.1) is 11.3 Å². The third-order valence-electron chi connectivity index (χ3n) is 3.45. The first-order valence-corrected chi connectivity index (χ1v) is 8.23. The molecular weight excluding hydrogens is 298 g/mol. The Kier molecular flexibility index (Phi) is 2.83. The van der Waals surface area contributed by atoms with Gasteiger partial charge in [-0.05, 0) is 41.8 Å². The summed E-state index contributed by atoms with van der Waals surface area (Å²) in [6.07, 6.45) is 0. The van der Waals surface area contributed by atoms with E-state index < -0.39 is 0 Å². The SMILES string of the molecule is Nc1ccc2c(c1)Nc1c(ccc(N)c1-c1cccs1)S2. The van der Waals surface area contributed by atoms with Gasteiger partial charge in [0.2, 0.25) is 0 Å². The summed E-state index contributed by atoms with van der Waals surface area (Å²) in [7, 11) is 0. The van der Waals surface area contributed by atoms with Gasteiger partial charge in [-0.1, -0.05) is 17.8 Å². The zero-order chi connectivity index (χ0) is 14.4. The second-order valence-electron chi connectivity index (χ2n) is 4.86. The molecule has 0 spiro atoms. The van der Waals surface area contributed by atoms with E-state index in [0.717, 1.165) is 28.3 Å². The smallest absolute Gasteiger partial charge is 0.0635 e.